The number of fused-ring (bicyclic) bond motifs is 1. The Hall–Kier alpha value is -0.860. The van der Waals surface area contributed by atoms with Crippen LogP contribution in [0, 0.1) is 0 Å². The number of rotatable bonds is 3. The molecule has 2 nitrogen and oxygen atoms in total. The minimum Gasteiger partial charge on any atom is -0.308 e. The molecule has 15 heavy (non-hydrogen) atoms. The second kappa shape index (κ2) is 4.77. The van der Waals surface area contributed by atoms with Crippen molar-refractivity contribution in [2.45, 2.75) is 13.0 Å². The Morgan fingerprint density at radius 2 is 1.93 bits per heavy atom. The largest absolute Gasteiger partial charge is 0.308 e. The van der Waals surface area contributed by atoms with Gasteiger partial charge in [-0.25, -0.2) is 0 Å². The molecule has 82 valence electrons. The van der Waals surface area contributed by atoms with Crippen LogP contribution in [0.2, 0.25) is 0 Å². The molecule has 0 radical (unpaired) electrons. The number of hydrogen-bond acceptors (Lipinski definition) is 2. The molecule has 1 heterocycles. The standard InChI is InChI=1S/C13H20N2/c1-14(2)9-10-15-8-7-12-5-3-4-6-13(12)11-15/h3-6H,7-11H2,1-2H3. The summed E-state index contributed by atoms with van der Waals surface area (Å²) < 4.78 is 0. The van der Waals surface area contributed by atoms with E-state index in [1.54, 1.807) is 5.56 Å². The lowest BCUT2D eigenvalue weighted by atomic mass is 10.00. The summed E-state index contributed by atoms with van der Waals surface area (Å²) in [6, 6.07) is 8.82. The SMILES string of the molecule is CN(C)CCN1CCc2ccccc2C1. The molecule has 0 bridgehead atoms. The third-order valence-corrected chi connectivity index (χ3v) is 3.07. The number of hydrogen-bond donors (Lipinski definition) is 0. The summed E-state index contributed by atoms with van der Waals surface area (Å²) in [5.74, 6) is 0. The molecule has 0 saturated heterocycles. The maximum absolute atomic E-state index is 2.54. The molecule has 0 spiro atoms. The van der Waals surface area contributed by atoms with Crippen LogP contribution in [0.15, 0.2) is 24.3 Å². The Morgan fingerprint density at radius 3 is 2.67 bits per heavy atom. The molecule has 1 aliphatic heterocycles. The van der Waals surface area contributed by atoms with E-state index in [0.29, 0.717) is 0 Å². The second-order valence-corrected chi connectivity index (χ2v) is 4.60. The second-order valence-electron chi connectivity index (χ2n) is 4.60. The van der Waals surface area contributed by atoms with Crippen LogP contribution in [0.5, 0.6) is 0 Å². The van der Waals surface area contributed by atoms with E-state index in [9.17, 15) is 0 Å². The third kappa shape index (κ3) is 2.80. The van der Waals surface area contributed by atoms with Gasteiger partial charge in [-0.2, -0.15) is 0 Å². The maximum atomic E-state index is 2.54. The Bertz CT molecular complexity index is 320. The zero-order chi connectivity index (χ0) is 10.7. The maximum Gasteiger partial charge on any atom is 0.0237 e. The van der Waals surface area contributed by atoms with E-state index in [2.05, 4.69) is 48.2 Å². The van der Waals surface area contributed by atoms with Crippen molar-refractivity contribution < 1.29 is 0 Å². The molecule has 2 rings (SSSR count). The highest BCUT2D eigenvalue weighted by molar-refractivity contribution is 5.28. The van der Waals surface area contributed by atoms with Gasteiger partial charge in [-0.1, -0.05) is 24.3 Å². The van der Waals surface area contributed by atoms with Gasteiger partial charge in [0.25, 0.3) is 0 Å². The molecular formula is C13H20N2. The fourth-order valence-corrected chi connectivity index (χ4v) is 2.09. The highest BCUT2D eigenvalue weighted by atomic mass is 15.2. The lowest BCUT2D eigenvalue weighted by molar-refractivity contribution is 0.225. The van der Waals surface area contributed by atoms with Crippen LogP contribution in [0.1, 0.15) is 11.1 Å². The molecule has 1 aromatic carbocycles. The monoisotopic (exact) mass is 204 g/mol. The third-order valence-electron chi connectivity index (χ3n) is 3.07. The molecular weight excluding hydrogens is 184 g/mol. The topological polar surface area (TPSA) is 6.48 Å². The predicted octanol–water partition coefficient (Wildman–Crippen LogP) is 1.61. The van der Waals surface area contributed by atoms with Crippen molar-refractivity contribution in [2.24, 2.45) is 0 Å². The van der Waals surface area contributed by atoms with E-state index in [0.717, 1.165) is 13.1 Å². The van der Waals surface area contributed by atoms with Gasteiger partial charge in [-0.3, -0.25) is 4.90 Å². The highest BCUT2D eigenvalue weighted by Crippen LogP contribution is 2.17. The zero-order valence-electron chi connectivity index (χ0n) is 9.74. The summed E-state index contributed by atoms with van der Waals surface area (Å²) >= 11 is 0. The summed E-state index contributed by atoms with van der Waals surface area (Å²) in [4.78, 5) is 4.79. The van der Waals surface area contributed by atoms with Gasteiger partial charge >= 0.3 is 0 Å². The van der Waals surface area contributed by atoms with Crippen molar-refractivity contribution in [3.05, 3.63) is 35.4 Å². The Kier molecular flexibility index (Phi) is 3.39. The van der Waals surface area contributed by atoms with E-state index in [4.69, 9.17) is 0 Å². The summed E-state index contributed by atoms with van der Waals surface area (Å²) in [7, 11) is 4.27. The zero-order valence-corrected chi connectivity index (χ0v) is 9.74. The van der Waals surface area contributed by atoms with Crippen LogP contribution in [0.3, 0.4) is 0 Å². The molecule has 0 N–H and O–H groups in total. The first-order valence-electron chi connectivity index (χ1n) is 5.69. The van der Waals surface area contributed by atoms with Crippen molar-refractivity contribution in [1.82, 2.24) is 9.80 Å². The van der Waals surface area contributed by atoms with Gasteiger partial charge in [-0.05, 0) is 31.6 Å². The summed E-state index contributed by atoms with van der Waals surface area (Å²) in [5.41, 5.74) is 3.06. The van der Waals surface area contributed by atoms with Crippen LogP contribution in [-0.4, -0.2) is 43.5 Å². The van der Waals surface area contributed by atoms with Gasteiger partial charge < -0.3 is 4.90 Å². The van der Waals surface area contributed by atoms with Gasteiger partial charge in [0, 0.05) is 26.2 Å². The lowest BCUT2D eigenvalue weighted by Gasteiger charge is -2.29. The van der Waals surface area contributed by atoms with E-state index >= 15 is 0 Å². The Balaban J connectivity index is 1.94. The van der Waals surface area contributed by atoms with Crippen LogP contribution in [0.4, 0.5) is 0 Å². The molecule has 0 fully saturated rings. The smallest absolute Gasteiger partial charge is 0.0237 e. The average molecular weight is 204 g/mol. The van der Waals surface area contributed by atoms with Gasteiger partial charge in [0.15, 0.2) is 0 Å². The minimum atomic E-state index is 1.13. The molecule has 0 aromatic heterocycles. The number of nitrogens with zero attached hydrogens (tertiary/aromatic N) is 2. The number of benzene rings is 1. The van der Waals surface area contributed by atoms with Crippen LogP contribution >= 0.6 is 0 Å². The van der Waals surface area contributed by atoms with Gasteiger partial charge in [0.05, 0.1) is 0 Å². The average Bonchev–Trinajstić information content (AvgIpc) is 2.26. The quantitative estimate of drug-likeness (QED) is 0.738. The summed E-state index contributed by atoms with van der Waals surface area (Å²) in [6.45, 7) is 4.68. The minimum absolute atomic E-state index is 1.13. The van der Waals surface area contributed by atoms with Gasteiger partial charge in [0.2, 0.25) is 0 Å². The molecule has 0 atom stereocenters. The van der Waals surface area contributed by atoms with Crippen molar-refractivity contribution in [3.8, 4) is 0 Å². The van der Waals surface area contributed by atoms with Crippen molar-refractivity contribution >= 4 is 0 Å². The van der Waals surface area contributed by atoms with Crippen molar-refractivity contribution in [3.63, 3.8) is 0 Å². The predicted molar refractivity (Wildman–Crippen MR) is 64.0 cm³/mol. The van der Waals surface area contributed by atoms with Gasteiger partial charge in [-0.15, -0.1) is 0 Å². The molecule has 0 aliphatic carbocycles. The molecule has 1 aliphatic rings. The van der Waals surface area contributed by atoms with Crippen molar-refractivity contribution in [2.75, 3.05) is 33.7 Å². The first-order chi connectivity index (χ1) is 7.25. The summed E-state index contributed by atoms with van der Waals surface area (Å²) in [6.07, 6.45) is 1.21. The van der Waals surface area contributed by atoms with E-state index in [1.165, 1.54) is 25.1 Å². The Labute approximate surface area is 92.5 Å². The number of likely N-dealkylation sites (N-methyl/N-ethyl adjacent to an activating group) is 1. The van der Waals surface area contributed by atoms with E-state index < -0.39 is 0 Å². The molecule has 0 unspecified atom stereocenters. The van der Waals surface area contributed by atoms with Crippen LogP contribution < -0.4 is 0 Å². The first kappa shape index (κ1) is 10.7. The lowest BCUT2D eigenvalue weighted by Crippen LogP contribution is -2.35. The highest BCUT2D eigenvalue weighted by Gasteiger charge is 2.14. The molecule has 2 heteroatoms. The molecule has 1 aromatic rings. The summed E-state index contributed by atoms with van der Waals surface area (Å²) in [5, 5.41) is 0. The van der Waals surface area contributed by atoms with E-state index in [1.807, 2.05) is 0 Å². The van der Waals surface area contributed by atoms with Gasteiger partial charge in [0.1, 0.15) is 0 Å². The van der Waals surface area contributed by atoms with Crippen LogP contribution in [-0.2, 0) is 13.0 Å². The van der Waals surface area contributed by atoms with Crippen molar-refractivity contribution in [1.29, 1.82) is 0 Å². The fraction of sp³-hybridized carbons (Fsp3) is 0.538. The first-order valence-corrected chi connectivity index (χ1v) is 5.69. The normalized spacial score (nSPS) is 16.7. The molecule has 0 amide bonds. The fourth-order valence-electron chi connectivity index (χ4n) is 2.09. The van der Waals surface area contributed by atoms with Crippen LogP contribution in [0.25, 0.3) is 0 Å². The van der Waals surface area contributed by atoms with E-state index in [-0.39, 0.29) is 0 Å². The Morgan fingerprint density at radius 1 is 1.20 bits per heavy atom. The molecule has 0 saturated carbocycles.